The van der Waals surface area contributed by atoms with Gasteiger partial charge in [-0.2, -0.15) is 0 Å². The first kappa shape index (κ1) is 18.3. The average Bonchev–Trinajstić information content (AvgIpc) is 3.42. The molecule has 1 N–H and O–H groups in total. The van der Waals surface area contributed by atoms with Gasteiger partial charge >= 0.3 is 0 Å². The molecule has 12 heteroatoms. The Labute approximate surface area is 166 Å². The van der Waals surface area contributed by atoms with Gasteiger partial charge in [-0.25, -0.2) is 13.4 Å². The number of nitro benzene ring substituents is 1. The zero-order chi connectivity index (χ0) is 19.7. The van der Waals surface area contributed by atoms with Gasteiger partial charge in [0.25, 0.3) is 15.7 Å². The number of rotatable bonds is 6. The van der Waals surface area contributed by atoms with E-state index < -0.39 is 14.9 Å². The molecule has 0 fully saturated rings. The Morgan fingerprint density at radius 1 is 1.14 bits per heavy atom. The van der Waals surface area contributed by atoms with Crippen molar-refractivity contribution in [2.24, 2.45) is 0 Å². The van der Waals surface area contributed by atoms with Crippen LogP contribution in [0, 0.1) is 10.1 Å². The predicted molar refractivity (Wildman–Crippen MR) is 105 cm³/mol. The fraction of sp³-hybridized carbons (Fsp3) is 0. The zero-order valence-corrected chi connectivity index (χ0v) is 16.3. The Bertz CT molecular complexity index is 1240. The van der Waals surface area contributed by atoms with Gasteiger partial charge in [0.05, 0.1) is 15.5 Å². The van der Waals surface area contributed by atoms with Crippen molar-refractivity contribution in [3.63, 3.8) is 0 Å². The number of nitrogens with one attached hydrogen (secondary N) is 1. The van der Waals surface area contributed by atoms with Crippen molar-refractivity contribution in [2.45, 2.75) is 4.21 Å². The van der Waals surface area contributed by atoms with E-state index in [0.29, 0.717) is 21.8 Å². The summed E-state index contributed by atoms with van der Waals surface area (Å²) in [5.74, 6) is 0. The topological polar surface area (TPSA) is 128 Å². The van der Waals surface area contributed by atoms with Gasteiger partial charge in [-0.1, -0.05) is 17.3 Å². The van der Waals surface area contributed by atoms with E-state index in [9.17, 15) is 18.5 Å². The minimum absolute atomic E-state index is 0.0633. The van der Waals surface area contributed by atoms with Crippen molar-refractivity contribution in [1.82, 2.24) is 10.1 Å². The quantitative estimate of drug-likeness (QED) is 0.355. The molecule has 0 radical (unpaired) electrons. The molecule has 0 aliphatic carbocycles. The number of hydrogen-bond acceptors (Lipinski definition) is 9. The van der Waals surface area contributed by atoms with Crippen LogP contribution < -0.4 is 4.72 Å². The molecule has 28 heavy (non-hydrogen) atoms. The molecule has 3 aromatic heterocycles. The van der Waals surface area contributed by atoms with Crippen molar-refractivity contribution in [1.29, 1.82) is 0 Å². The Morgan fingerprint density at radius 3 is 2.75 bits per heavy atom. The van der Waals surface area contributed by atoms with Crippen LogP contribution in [0.4, 0.5) is 10.8 Å². The third-order valence-electron chi connectivity index (χ3n) is 3.62. The number of anilines is 1. The van der Waals surface area contributed by atoms with E-state index in [1.54, 1.807) is 29.6 Å². The Hall–Kier alpha value is -3.09. The van der Waals surface area contributed by atoms with E-state index in [2.05, 4.69) is 14.9 Å². The fourth-order valence-electron chi connectivity index (χ4n) is 2.34. The normalized spacial score (nSPS) is 11.4. The van der Waals surface area contributed by atoms with Crippen molar-refractivity contribution in [2.75, 3.05) is 4.72 Å². The largest absolute Gasteiger partial charge is 0.364 e. The molecule has 9 nitrogen and oxygen atoms in total. The van der Waals surface area contributed by atoms with Gasteiger partial charge in [0.1, 0.15) is 16.2 Å². The van der Waals surface area contributed by atoms with E-state index in [1.165, 1.54) is 24.5 Å². The van der Waals surface area contributed by atoms with E-state index >= 15 is 0 Å². The number of benzene rings is 1. The minimum atomic E-state index is -3.82. The lowest BCUT2D eigenvalue weighted by Gasteiger charge is -2.02. The second kappa shape index (κ2) is 7.14. The van der Waals surface area contributed by atoms with Crippen LogP contribution in [0.3, 0.4) is 0 Å². The van der Waals surface area contributed by atoms with E-state index in [4.69, 9.17) is 4.52 Å². The Kier molecular flexibility index (Phi) is 4.66. The maximum absolute atomic E-state index is 12.6. The molecular weight excluding hydrogens is 424 g/mol. The molecule has 4 aromatic rings. The third-order valence-corrected chi connectivity index (χ3v) is 7.44. The summed E-state index contributed by atoms with van der Waals surface area (Å²) in [6.45, 7) is 0. The first-order valence-corrected chi connectivity index (χ1v) is 10.8. The van der Waals surface area contributed by atoms with Gasteiger partial charge in [0.15, 0.2) is 5.13 Å². The highest BCUT2D eigenvalue weighted by molar-refractivity contribution is 7.95. The van der Waals surface area contributed by atoms with Gasteiger partial charge in [-0.3, -0.25) is 14.8 Å². The van der Waals surface area contributed by atoms with Gasteiger partial charge in [-0.05, 0) is 12.1 Å². The summed E-state index contributed by atoms with van der Waals surface area (Å²) >= 11 is 2.14. The molecule has 0 saturated heterocycles. The van der Waals surface area contributed by atoms with E-state index in [-0.39, 0.29) is 15.0 Å². The Morgan fingerprint density at radius 2 is 2.00 bits per heavy atom. The van der Waals surface area contributed by atoms with Crippen LogP contribution in [-0.4, -0.2) is 23.5 Å². The standard InChI is InChI=1S/C16H10N4O5S3/c21-20(22)11-3-1-2-10(8-11)13-9-26-16(17-13)19-28(23,24)15-5-4-14(27-15)12-6-7-25-18-12/h1-9H,(H,17,19). The van der Waals surface area contributed by atoms with Gasteiger partial charge < -0.3 is 4.52 Å². The number of aromatic nitrogens is 2. The number of nitro groups is 1. The molecule has 0 aliphatic rings. The molecule has 4 rings (SSSR count). The van der Waals surface area contributed by atoms with Crippen LogP contribution in [0.1, 0.15) is 0 Å². The number of hydrogen-bond donors (Lipinski definition) is 1. The van der Waals surface area contributed by atoms with Crippen molar-refractivity contribution >= 4 is 43.5 Å². The molecule has 0 atom stereocenters. The van der Waals surface area contributed by atoms with Crippen LogP contribution in [0.5, 0.6) is 0 Å². The van der Waals surface area contributed by atoms with Crippen molar-refractivity contribution in [3.8, 4) is 21.8 Å². The highest BCUT2D eigenvalue weighted by Crippen LogP contribution is 2.32. The first-order valence-electron chi connectivity index (χ1n) is 7.66. The lowest BCUT2D eigenvalue weighted by Crippen LogP contribution is -2.11. The van der Waals surface area contributed by atoms with E-state index in [1.807, 2.05) is 0 Å². The maximum atomic E-state index is 12.6. The van der Waals surface area contributed by atoms with Crippen molar-refractivity contribution < 1.29 is 17.9 Å². The molecule has 0 saturated carbocycles. The number of thiophene rings is 1. The van der Waals surface area contributed by atoms with E-state index in [0.717, 1.165) is 22.7 Å². The van der Waals surface area contributed by atoms with Crippen LogP contribution in [0.25, 0.3) is 21.8 Å². The second-order valence-electron chi connectivity index (χ2n) is 5.45. The van der Waals surface area contributed by atoms with Crippen LogP contribution >= 0.6 is 22.7 Å². The minimum Gasteiger partial charge on any atom is -0.364 e. The molecule has 142 valence electrons. The van der Waals surface area contributed by atoms with Gasteiger partial charge in [0, 0.05) is 29.1 Å². The van der Waals surface area contributed by atoms with Crippen LogP contribution in [0.15, 0.2) is 62.8 Å². The average molecular weight is 434 g/mol. The summed E-state index contributed by atoms with van der Waals surface area (Å²) in [5.41, 5.74) is 1.46. The summed E-state index contributed by atoms with van der Waals surface area (Å²) in [7, 11) is -3.82. The highest BCUT2D eigenvalue weighted by atomic mass is 32.2. The molecule has 0 amide bonds. The molecule has 1 aromatic carbocycles. The van der Waals surface area contributed by atoms with Crippen LogP contribution in [-0.2, 0) is 10.0 Å². The molecule has 3 heterocycles. The molecule has 0 unspecified atom stereocenters. The summed E-state index contributed by atoms with van der Waals surface area (Å²) in [5, 5.41) is 16.5. The van der Waals surface area contributed by atoms with Gasteiger partial charge in [-0.15, -0.1) is 22.7 Å². The number of sulfonamides is 1. The summed E-state index contributed by atoms with van der Waals surface area (Å²) in [4.78, 5) is 15.3. The lowest BCUT2D eigenvalue weighted by molar-refractivity contribution is -0.384. The van der Waals surface area contributed by atoms with Crippen molar-refractivity contribution in [3.05, 3.63) is 64.2 Å². The maximum Gasteiger partial charge on any atom is 0.273 e. The van der Waals surface area contributed by atoms with Gasteiger partial charge in [0.2, 0.25) is 0 Å². The third kappa shape index (κ3) is 3.65. The first-order chi connectivity index (χ1) is 13.4. The SMILES string of the molecule is O=[N+]([O-])c1cccc(-c2csc(NS(=O)(=O)c3ccc(-c4ccon4)s3)n2)c1. The number of thiazole rings is 1. The fourth-order valence-corrected chi connectivity index (χ4v) is 5.58. The molecule has 0 bridgehead atoms. The molecule has 0 spiro atoms. The number of nitrogens with zero attached hydrogens (tertiary/aromatic N) is 3. The second-order valence-corrected chi connectivity index (χ2v) is 9.31. The predicted octanol–water partition coefficient (Wildman–Crippen LogP) is 4.24. The lowest BCUT2D eigenvalue weighted by atomic mass is 10.1. The monoisotopic (exact) mass is 434 g/mol. The Balaban J connectivity index is 1.56. The summed E-state index contributed by atoms with van der Waals surface area (Å²) in [6.07, 6.45) is 1.41. The summed E-state index contributed by atoms with van der Waals surface area (Å²) in [6, 6.07) is 10.7. The smallest absolute Gasteiger partial charge is 0.273 e. The number of non-ortho nitro benzene ring substituents is 1. The molecular formula is C16H10N4O5S3. The highest BCUT2D eigenvalue weighted by Gasteiger charge is 2.20. The summed E-state index contributed by atoms with van der Waals surface area (Å²) < 4.78 is 32.5. The molecule has 0 aliphatic heterocycles. The van der Waals surface area contributed by atoms with Crippen LogP contribution in [0.2, 0.25) is 0 Å². The zero-order valence-electron chi connectivity index (χ0n) is 13.8.